The zero-order valence-corrected chi connectivity index (χ0v) is 13.4. The molecule has 0 rings (SSSR count). The summed E-state index contributed by atoms with van der Waals surface area (Å²) in [5.74, 6) is -4.19. The summed E-state index contributed by atoms with van der Waals surface area (Å²) in [5.41, 5.74) is 0. The number of rotatable bonds is 4. The first-order chi connectivity index (χ1) is 6.38. The van der Waals surface area contributed by atoms with Crippen molar-refractivity contribution in [3.05, 3.63) is 0 Å². The summed E-state index contributed by atoms with van der Waals surface area (Å²) in [6.07, 6.45) is 2.64. The fourth-order valence-electron chi connectivity index (χ4n) is 0.676. The molecule has 0 fully saturated rings. The van der Waals surface area contributed by atoms with E-state index in [1.165, 1.54) is 12.8 Å². The zero-order chi connectivity index (χ0) is 11.7. The number of hydrogen-bond donors (Lipinski definition) is 2. The molecule has 0 saturated heterocycles. The van der Waals surface area contributed by atoms with Crippen LogP contribution in [0.15, 0.2) is 0 Å². The Morgan fingerprint density at radius 2 is 1.33 bits per heavy atom. The van der Waals surface area contributed by atoms with Gasteiger partial charge in [-0.05, 0) is 5.92 Å². The maximum atomic E-state index is 10.2. The van der Waals surface area contributed by atoms with E-state index >= 15 is 0 Å². The molecule has 0 saturated carbocycles. The Hall–Kier alpha value is 0.576. The van der Waals surface area contributed by atoms with Crippen LogP contribution in [0.3, 0.4) is 0 Å². The average molecular weight is 244 g/mol. The summed E-state index contributed by atoms with van der Waals surface area (Å²) in [4.78, 5) is 20.4. The van der Waals surface area contributed by atoms with Crippen LogP contribution >= 0.6 is 0 Å². The Kier molecular flexibility index (Phi) is 17.6. The summed E-state index contributed by atoms with van der Waals surface area (Å²) in [6, 6.07) is 0. The normalized spacial score (nSPS) is 8.93. The van der Waals surface area contributed by atoms with E-state index in [4.69, 9.17) is 10.2 Å². The molecule has 0 bridgehead atoms. The van der Waals surface area contributed by atoms with E-state index in [1.54, 1.807) is 13.8 Å². The number of carboxylic acids is 2. The molecule has 4 nitrogen and oxygen atoms in total. The van der Waals surface area contributed by atoms with Gasteiger partial charge in [0, 0.05) is 0 Å². The first-order valence-corrected chi connectivity index (χ1v) is 4.84. The van der Waals surface area contributed by atoms with Gasteiger partial charge in [0.2, 0.25) is 0 Å². The fourth-order valence-corrected chi connectivity index (χ4v) is 0.676. The van der Waals surface area contributed by atoms with E-state index in [1.807, 2.05) is 0 Å². The molecular weight excluding hydrogens is 223 g/mol. The van der Waals surface area contributed by atoms with Crippen LogP contribution < -0.4 is 51.4 Å². The Bertz CT molecular complexity index is 170. The van der Waals surface area contributed by atoms with Crippen LogP contribution in [0.1, 0.15) is 42.0 Å². The summed E-state index contributed by atoms with van der Waals surface area (Å²) >= 11 is 0. The molecule has 0 aliphatic rings. The Morgan fingerprint density at radius 1 is 1.07 bits per heavy atom. The quantitative estimate of drug-likeness (QED) is 0.509. The number of carbonyl (C=O) groups is 2. The Morgan fingerprint density at radius 3 is 1.33 bits per heavy atom. The number of carboxylic acid groups (broad SMARTS) is 2. The van der Waals surface area contributed by atoms with Crippen molar-refractivity contribution in [2.45, 2.75) is 40.5 Å². The minimum atomic E-state index is -1.28. The minimum Gasteiger partial charge on any atom is -1.00 e. The van der Waals surface area contributed by atoms with Crippen LogP contribution in [0.5, 0.6) is 0 Å². The molecular formula is C10H21KO4. The van der Waals surface area contributed by atoms with Crippen LogP contribution in [-0.4, -0.2) is 22.2 Å². The van der Waals surface area contributed by atoms with Gasteiger partial charge >= 0.3 is 63.3 Å². The van der Waals surface area contributed by atoms with Gasteiger partial charge in [0.1, 0.15) is 0 Å². The fraction of sp³-hybridized carbons (Fsp3) is 0.800. The van der Waals surface area contributed by atoms with E-state index < -0.39 is 17.9 Å². The molecule has 0 atom stereocenters. The number of unbranched alkanes of at least 4 members (excludes halogenated alkanes) is 1. The molecule has 2 N–H and O–H groups in total. The van der Waals surface area contributed by atoms with E-state index in [2.05, 4.69) is 13.8 Å². The summed E-state index contributed by atoms with van der Waals surface area (Å²) in [6.45, 7) is 7.49. The van der Waals surface area contributed by atoms with E-state index in [0.29, 0.717) is 0 Å². The summed E-state index contributed by atoms with van der Waals surface area (Å²) in [5, 5.41) is 16.7. The molecule has 0 spiro atoms. The topological polar surface area (TPSA) is 74.6 Å². The smallest absolute Gasteiger partial charge is 1.00 e. The molecule has 0 unspecified atom stereocenters. The van der Waals surface area contributed by atoms with Crippen molar-refractivity contribution >= 4 is 11.9 Å². The maximum absolute atomic E-state index is 10.2. The molecule has 0 amide bonds. The standard InChI is InChI=1S/C6H10O4.C4H10.K.H/c1-3(2)4(5(7)8)6(9)10;1-3-4-2;;/h3-4H,1-2H3,(H,7,8)(H,9,10);3-4H2,1-2H3;;/q;;+1;-1. The minimum absolute atomic E-state index is 0. The van der Waals surface area contributed by atoms with Crippen LogP contribution in [0, 0.1) is 11.8 Å². The van der Waals surface area contributed by atoms with Crippen molar-refractivity contribution in [1.82, 2.24) is 0 Å². The van der Waals surface area contributed by atoms with Crippen molar-refractivity contribution < 1.29 is 72.6 Å². The van der Waals surface area contributed by atoms with Gasteiger partial charge in [-0.2, -0.15) is 0 Å². The zero-order valence-electron chi connectivity index (χ0n) is 11.3. The second-order valence-corrected chi connectivity index (χ2v) is 3.40. The molecule has 0 radical (unpaired) electrons. The molecule has 0 aliphatic heterocycles. The second kappa shape index (κ2) is 12.6. The molecule has 86 valence electrons. The SMILES string of the molecule is CC(C)C(C(=O)O)C(=O)O.CCCC.[H-].[K+]. The van der Waals surface area contributed by atoms with Gasteiger partial charge in [-0.15, -0.1) is 0 Å². The van der Waals surface area contributed by atoms with Crippen molar-refractivity contribution in [3.8, 4) is 0 Å². The predicted molar refractivity (Wildman–Crippen MR) is 55.3 cm³/mol. The third kappa shape index (κ3) is 12.5. The number of hydrogen-bond acceptors (Lipinski definition) is 2. The van der Waals surface area contributed by atoms with Crippen molar-refractivity contribution in [2.24, 2.45) is 11.8 Å². The average Bonchev–Trinajstić information content (AvgIpc) is 2.02. The maximum Gasteiger partial charge on any atom is 1.00 e. The third-order valence-corrected chi connectivity index (χ3v) is 1.70. The van der Waals surface area contributed by atoms with Gasteiger partial charge in [0.25, 0.3) is 0 Å². The Labute approximate surface area is 135 Å². The summed E-state index contributed by atoms with van der Waals surface area (Å²) < 4.78 is 0. The molecule has 0 aliphatic carbocycles. The van der Waals surface area contributed by atoms with E-state index in [0.717, 1.165) is 0 Å². The van der Waals surface area contributed by atoms with Crippen LogP contribution in [0.25, 0.3) is 0 Å². The van der Waals surface area contributed by atoms with Crippen molar-refractivity contribution in [2.75, 3.05) is 0 Å². The van der Waals surface area contributed by atoms with Gasteiger partial charge in [0.15, 0.2) is 5.92 Å². The Balaban J connectivity index is -0.000000105. The third-order valence-electron chi connectivity index (χ3n) is 1.70. The van der Waals surface area contributed by atoms with Gasteiger partial charge in [0.05, 0.1) is 0 Å². The van der Waals surface area contributed by atoms with Gasteiger partial charge < -0.3 is 11.6 Å². The first-order valence-electron chi connectivity index (χ1n) is 4.84. The molecule has 0 heterocycles. The van der Waals surface area contributed by atoms with Crippen molar-refractivity contribution in [1.29, 1.82) is 0 Å². The summed E-state index contributed by atoms with van der Waals surface area (Å²) in [7, 11) is 0. The molecule has 0 aromatic rings. The molecule has 15 heavy (non-hydrogen) atoms. The van der Waals surface area contributed by atoms with Gasteiger partial charge in [-0.25, -0.2) is 0 Å². The molecule has 0 aromatic carbocycles. The first kappa shape index (κ1) is 20.9. The van der Waals surface area contributed by atoms with Gasteiger partial charge in [-0.3, -0.25) is 9.59 Å². The monoisotopic (exact) mass is 244 g/mol. The molecule has 0 aromatic heterocycles. The number of aliphatic carboxylic acids is 2. The van der Waals surface area contributed by atoms with Crippen LogP contribution in [0.4, 0.5) is 0 Å². The molecule has 5 heteroatoms. The predicted octanol–water partition coefficient (Wildman–Crippen LogP) is -0.649. The largest absolute Gasteiger partial charge is 1.00 e. The van der Waals surface area contributed by atoms with Crippen LogP contribution in [0.2, 0.25) is 0 Å². The van der Waals surface area contributed by atoms with E-state index in [9.17, 15) is 9.59 Å². The second-order valence-electron chi connectivity index (χ2n) is 3.40. The van der Waals surface area contributed by atoms with E-state index in [-0.39, 0.29) is 58.7 Å². The van der Waals surface area contributed by atoms with Crippen molar-refractivity contribution in [3.63, 3.8) is 0 Å². The van der Waals surface area contributed by atoms with Gasteiger partial charge in [-0.1, -0.05) is 40.5 Å². The van der Waals surface area contributed by atoms with Crippen LogP contribution in [-0.2, 0) is 9.59 Å².